The van der Waals surface area contributed by atoms with Crippen molar-refractivity contribution in [3.8, 4) is 11.3 Å². The second-order valence-electron chi connectivity index (χ2n) is 6.81. The summed E-state index contributed by atoms with van der Waals surface area (Å²) in [5, 5.41) is 4.20. The highest BCUT2D eigenvalue weighted by Crippen LogP contribution is 2.20. The van der Waals surface area contributed by atoms with Crippen LogP contribution < -0.4 is 4.90 Å². The third-order valence-electron chi connectivity index (χ3n) is 5.02. The molecule has 1 fully saturated rings. The van der Waals surface area contributed by atoms with E-state index < -0.39 is 0 Å². The van der Waals surface area contributed by atoms with Crippen LogP contribution in [0.1, 0.15) is 12.2 Å². The number of rotatable bonds is 6. The van der Waals surface area contributed by atoms with E-state index in [2.05, 4.69) is 63.5 Å². The fraction of sp³-hybridized carbons (Fsp3) is 0.318. The van der Waals surface area contributed by atoms with E-state index in [1.165, 1.54) is 5.69 Å². The molecule has 0 aliphatic carbocycles. The fourth-order valence-corrected chi connectivity index (χ4v) is 3.52. The maximum absolute atomic E-state index is 5.51. The van der Waals surface area contributed by atoms with Gasteiger partial charge < -0.3 is 9.42 Å². The van der Waals surface area contributed by atoms with Crippen molar-refractivity contribution in [3.63, 3.8) is 0 Å². The smallest absolute Gasteiger partial charge is 0.137 e. The van der Waals surface area contributed by atoms with Crippen LogP contribution in [0.4, 0.5) is 5.69 Å². The summed E-state index contributed by atoms with van der Waals surface area (Å²) in [5.41, 5.74) is 3.37. The lowest BCUT2D eigenvalue weighted by Crippen LogP contribution is -2.46. The van der Waals surface area contributed by atoms with Gasteiger partial charge in [0.15, 0.2) is 0 Å². The number of aryl methyl sites for hydroxylation is 1. The van der Waals surface area contributed by atoms with Gasteiger partial charge in [0.1, 0.15) is 11.5 Å². The summed E-state index contributed by atoms with van der Waals surface area (Å²) >= 11 is 0. The topological polar surface area (TPSA) is 32.5 Å². The minimum Gasteiger partial charge on any atom is -0.369 e. The minimum absolute atomic E-state index is 0.928. The van der Waals surface area contributed by atoms with Crippen molar-refractivity contribution in [2.45, 2.75) is 12.8 Å². The zero-order valence-electron chi connectivity index (χ0n) is 15.1. The van der Waals surface area contributed by atoms with E-state index in [0.717, 1.165) is 62.6 Å². The van der Waals surface area contributed by atoms with Crippen molar-refractivity contribution in [2.75, 3.05) is 37.6 Å². The quantitative estimate of drug-likeness (QED) is 0.672. The van der Waals surface area contributed by atoms with Crippen LogP contribution >= 0.6 is 0 Å². The van der Waals surface area contributed by atoms with E-state index >= 15 is 0 Å². The molecule has 4 nitrogen and oxygen atoms in total. The summed E-state index contributed by atoms with van der Waals surface area (Å²) < 4.78 is 5.51. The van der Waals surface area contributed by atoms with Gasteiger partial charge >= 0.3 is 0 Å². The molecular weight excluding hydrogens is 322 g/mol. The van der Waals surface area contributed by atoms with Crippen LogP contribution in [-0.4, -0.2) is 42.8 Å². The Hall–Kier alpha value is -2.59. The van der Waals surface area contributed by atoms with Gasteiger partial charge in [-0.05, 0) is 25.1 Å². The van der Waals surface area contributed by atoms with Crippen molar-refractivity contribution < 1.29 is 4.52 Å². The van der Waals surface area contributed by atoms with Crippen LogP contribution in [0.3, 0.4) is 0 Å². The van der Waals surface area contributed by atoms with E-state index in [9.17, 15) is 0 Å². The Morgan fingerprint density at radius 2 is 1.54 bits per heavy atom. The molecule has 0 spiro atoms. The molecule has 0 saturated carbocycles. The first-order valence-electron chi connectivity index (χ1n) is 9.42. The fourth-order valence-electron chi connectivity index (χ4n) is 3.52. The molecule has 0 N–H and O–H groups in total. The standard InChI is InChI=1S/C22H25N3O/c1-3-8-19(9-4-1)22-18-21(26-23-22)12-7-13-24-14-16-25(17-15-24)20-10-5-2-6-11-20/h1-6,8-11,18H,7,12-17H2. The summed E-state index contributed by atoms with van der Waals surface area (Å²) in [6.45, 7) is 5.57. The van der Waals surface area contributed by atoms with Gasteiger partial charge in [0, 0.05) is 49.9 Å². The third kappa shape index (κ3) is 4.14. The Morgan fingerprint density at radius 3 is 2.27 bits per heavy atom. The highest BCUT2D eigenvalue weighted by molar-refractivity contribution is 5.58. The predicted molar refractivity (Wildman–Crippen MR) is 105 cm³/mol. The van der Waals surface area contributed by atoms with Crippen LogP contribution in [0.25, 0.3) is 11.3 Å². The average Bonchev–Trinajstić information content (AvgIpc) is 3.19. The normalized spacial score (nSPS) is 15.3. The average molecular weight is 347 g/mol. The molecule has 26 heavy (non-hydrogen) atoms. The van der Waals surface area contributed by atoms with E-state index in [1.54, 1.807) is 0 Å². The molecular formula is C22H25N3O. The molecule has 0 bridgehead atoms. The van der Waals surface area contributed by atoms with Gasteiger partial charge in [0.2, 0.25) is 0 Å². The zero-order valence-corrected chi connectivity index (χ0v) is 15.1. The number of nitrogens with zero attached hydrogens (tertiary/aromatic N) is 3. The molecule has 0 unspecified atom stereocenters. The number of hydrogen-bond donors (Lipinski definition) is 0. The second-order valence-corrected chi connectivity index (χ2v) is 6.81. The van der Waals surface area contributed by atoms with Crippen LogP contribution in [-0.2, 0) is 6.42 Å². The first-order valence-corrected chi connectivity index (χ1v) is 9.42. The lowest BCUT2D eigenvalue weighted by Gasteiger charge is -2.36. The molecule has 134 valence electrons. The Kier molecular flexibility index (Phi) is 5.31. The number of piperazine rings is 1. The maximum Gasteiger partial charge on any atom is 0.137 e. The number of anilines is 1. The zero-order chi connectivity index (χ0) is 17.6. The molecule has 4 heteroatoms. The van der Waals surface area contributed by atoms with Gasteiger partial charge in [-0.2, -0.15) is 0 Å². The SMILES string of the molecule is c1ccc(-c2cc(CCCN3CCN(c4ccccc4)CC3)on2)cc1. The van der Waals surface area contributed by atoms with Gasteiger partial charge in [-0.3, -0.25) is 4.90 Å². The molecule has 1 aromatic heterocycles. The van der Waals surface area contributed by atoms with Gasteiger partial charge in [0.05, 0.1) is 0 Å². The van der Waals surface area contributed by atoms with Crippen molar-refractivity contribution in [1.29, 1.82) is 0 Å². The summed E-state index contributed by atoms with van der Waals surface area (Å²) in [7, 11) is 0. The number of para-hydroxylation sites is 1. The van der Waals surface area contributed by atoms with Gasteiger partial charge in [-0.25, -0.2) is 0 Å². The molecule has 1 aliphatic heterocycles. The molecule has 0 atom stereocenters. The van der Waals surface area contributed by atoms with Crippen LogP contribution in [0.5, 0.6) is 0 Å². The van der Waals surface area contributed by atoms with Crippen molar-refractivity contribution in [2.24, 2.45) is 0 Å². The molecule has 3 aromatic rings. The number of hydrogen-bond acceptors (Lipinski definition) is 4. The van der Waals surface area contributed by atoms with E-state index in [0.29, 0.717) is 0 Å². The Balaban J connectivity index is 1.22. The Labute approximate surface area is 155 Å². The van der Waals surface area contributed by atoms with E-state index in [-0.39, 0.29) is 0 Å². The van der Waals surface area contributed by atoms with E-state index in [1.807, 2.05) is 18.2 Å². The van der Waals surface area contributed by atoms with E-state index in [4.69, 9.17) is 4.52 Å². The molecule has 0 amide bonds. The monoisotopic (exact) mass is 347 g/mol. The molecule has 4 rings (SSSR count). The summed E-state index contributed by atoms with van der Waals surface area (Å²) in [6, 6.07) is 23.0. The van der Waals surface area contributed by atoms with Crippen molar-refractivity contribution >= 4 is 5.69 Å². The van der Waals surface area contributed by atoms with Crippen molar-refractivity contribution in [1.82, 2.24) is 10.1 Å². The molecule has 2 heterocycles. The number of benzene rings is 2. The molecule has 0 radical (unpaired) electrons. The molecule has 1 aliphatic rings. The second kappa shape index (κ2) is 8.19. The first kappa shape index (κ1) is 16.9. The maximum atomic E-state index is 5.51. The Morgan fingerprint density at radius 1 is 0.846 bits per heavy atom. The van der Waals surface area contributed by atoms with Gasteiger partial charge in [0.25, 0.3) is 0 Å². The van der Waals surface area contributed by atoms with Crippen molar-refractivity contribution in [3.05, 3.63) is 72.5 Å². The lowest BCUT2D eigenvalue weighted by molar-refractivity contribution is 0.251. The van der Waals surface area contributed by atoms with Gasteiger partial charge in [-0.15, -0.1) is 0 Å². The predicted octanol–water partition coefficient (Wildman–Crippen LogP) is 4.10. The van der Waals surface area contributed by atoms with Crippen LogP contribution in [0.15, 0.2) is 71.3 Å². The highest BCUT2D eigenvalue weighted by atomic mass is 16.5. The molecule has 1 saturated heterocycles. The van der Waals surface area contributed by atoms with Crippen LogP contribution in [0, 0.1) is 0 Å². The summed E-state index contributed by atoms with van der Waals surface area (Å²) in [6.07, 6.45) is 2.05. The summed E-state index contributed by atoms with van der Waals surface area (Å²) in [4.78, 5) is 5.02. The minimum atomic E-state index is 0.928. The lowest BCUT2D eigenvalue weighted by atomic mass is 10.1. The highest BCUT2D eigenvalue weighted by Gasteiger charge is 2.16. The third-order valence-corrected chi connectivity index (χ3v) is 5.02. The largest absolute Gasteiger partial charge is 0.369 e. The first-order chi connectivity index (χ1) is 12.9. The van der Waals surface area contributed by atoms with Gasteiger partial charge in [-0.1, -0.05) is 53.7 Å². The summed E-state index contributed by atoms with van der Waals surface area (Å²) in [5.74, 6) is 0.978. The van der Waals surface area contributed by atoms with Crippen LogP contribution in [0.2, 0.25) is 0 Å². The number of aromatic nitrogens is 1. The molecule has 2 aromatic carbocycles. The Bertz CT molecular complexity index is 793.